The van der Waals surface area contributed by atoms with E-state index in [0.29, 0.717) is 0 Å². The van der Waals surface area contributed by atoms with Crippen LogP contribution < -0.4 is 0 Å². The molecule has 1 aromatic rings. The molecule has 1 saturated carbocycles. The Kier molecular flexibility index (Phi) is 2.54. The number of allylic oxidation sites excluding steroid dienone is 1. The molecule has 1 fully saturated rings. The third-order valence-corrected chi connectivity index (χ3v) is 2.65. The summed E-state index contributed by atoms with van der Waals surface area (Å²) in [4.78, 5) is 10.1. The van der Waals surface area contributed by atoms with Crippen molar-refractivity contribution in [1.82, 2.24) is 0 Å². The zero-order chi connectivity index (χ0) is 10.8. The summed E-state index contributed by atoms with van der Waals surface area (Å²) in [6, 6.07) is 8.02. The summed E-state index contributed by atoms with van der Waals surface area (Å²) in [6.07, 6.45) is 4.16. The summed E-state index contributed by atoms with van der Waals surface area (Å²) in [7, 11) is 0. The van der Waals surface area contributed by atoms with Gasteiger partial charge in [0, 0.05) is 13.0 Å². The minimum Gasteiger partial charge on any atom is -0.259 e. The predicted octanol–water partition coefficient (Wildman–Crippen LogP) is 3.20. The molecule has 0 atom stereocenters. The van der Waals surface area contributed by atoms with Crippen LogP contribution in [0.3, 0.4) is 0 Å². The predicted molar refractivity (Wildman–Crippen MR) is 59.1 cm³/mol. The number of rotatable bonds is 3. The molecule has 0 spiro atoms. The molecule has 0 N–H and O–H groups in total. The van der Waals surface area contributed by atoms with E-state index >= 15 is 0 Å². The van der Waals surface area contributed by atoms with Crippen molar-refractivity contribution in [3.63, 3.8) is 0 Å². The lowest BCUT2D eigenvalue weighted by molar-refractivity contribution is -0.422. The highest BCUT2D eigenvalue weighted by Gasteiger charge is 2.22. The molecule has 0 unspecified atom stereocenters. The number of nitro groups is 1. The topological polar surface area (TPSA) is 43.1 Å². The van der Waals surface area contributed by atoms with E-state index in [-0.39, 0.29) is 10.6 Å². The number of benzene rings is 1. The van der Waals surface area contributed by atoms with Crippen LogP contribution in [0.4, 0.5) is 0 Å². The number of hydrogen-bond acceptors (Lipinski definition) is 2. The van der Waals surface area contributed by atoms with Gasteiger partial charge in [-0.3, -0.25) is 10.1 Å². The lowest BCUT2D eigenvalue weighted by Crippen LogP contribution is -1.92. The maximum atomic E-state index is 10.4. The van der Waals surface area contributed by atoms with E-state index in [1.807, 2.05) is 12.1 Å². The van der Waals surface area contributed by atoms with Crippen molar-refractivity contribution in [2.45, 2.75) is 25.7 Å². The molecule has 3 heteroatoms. The van der Waals surface area contributed by atoms with Crippen LogP contribution in [0.2, 0.25) is 0 Å². The van der Waals surface area contributed by atoms with Crippen molar-refractivity contribution in [1.29, 1.82) is 0 Å². The zero-order valence-electron chi connectivity index (χ0n) is 8.64. The highest BCUT2D eigenvalue weighted by Crippen LogP contribution is 2.39. The summed E-state index contributed by atoms with van der Waals surface area (Å²) >= 11 is 0. The Hall–Kier alpha value is -1.64. The van der Waals surface area contributed by atoms with Crippen molar-refractivity contribution in [3.05, 3.63) is 51.2 Å². The van der Waals surface area contributed by atoms with Crippen molar-refractivity contribution in [2.24, 2.45) is 0 Å². The minimum atomic E-state index is -0.366. The fourth-order valence-electron chi connectivity index (χ4n) is 1.57. The molecule has 2 rings (SSSR count). The zero-order valence-corrected chi connectivity index (χ0v) is 8.64. The van der Waals surface area contributed by atoms with E-state index in [9.17, 15) is 10.1 Å². The Morgan fingerprint density at radius 1 is 1.40 bits per heavy atom. The molecule has 1 aliphatic rings. The molecule has 0 aliphatic heterocycles. The van der Waals surface area contributed by atoms with E-state index in [0.717, 1.165) is 11.5 Å². The first-order valence-corrected chi connectivity index (χ1v) is 5.09. The molecule has 3 nitrogen and oxygen atoms in total. The van der Waals surface area contributed by atoms with E-state index in [2.05, 4.69) is 12.1 Å². The Morgan fingerprint density at radius 3 is 2.47 bits per heavy atom. The molecule has 0 bridgehead atoms. The summed E-state index contributed by atoms with van der Waals surface area (Å²) in [5, 5.41) is 10.4. The maximum absolute atomic E-state index is 10.4. The third-order valence-electron chi connectivity index (χ3n) is 2.65. The van der Waals surface area contributed by atoms with Crippen LogP contribution in [0.5, 0.6) is 0 Å². The Bertz CT molecular complexity index is 402. The molecular formula is C12H13NO2. The molecule has 0 radical (unpaired) electrons. The highest BCUT2D eigenvalue weighted by atomic mass is 16.6. The van der Waals surface area contributed by atoms with E-state index in [1.165, 1.54) is 25.3 Å². The van der Waals surface area contributed by atoms with Gasteiger partial charge in [0.15, 0.2) is 0 Å². The van der Waals surface area contributed by atoms with Crippen LogP contribution in [0, 0.1) is 10.1 Å². The quantitative estimate of drug-likeness (QED) is 0.559. The van der Waals surface area contributed by atoms with Gasteiger partial charge in [-0.1, -0.05) is 24.3 Å². The Balaban J connectivity index is 2.16. The molecule has 78 valence electrons. The molecule has 1 aliphatic carbocycles. The highest BCUT2D eigenvalue weighted by molar-refractivity contribution is 5.51. The lowest BCUT2D eigenvalue weighted by Gasteiger charge is -1.98. The second-order valence-corrected chi connectivity index (χ2v) is 3.98. The van der Waals surface area contributed by atoms with Crippen LogP contribution in [0.25, 0.3) is 6.08 Å². The average molecular weight is 203 g/mol. The summed E-state index contributed by atoms with van der Waals surface area (Å²) in [6.45, 7) is 1.51. The van der Waals surface area contributed by atoms with Gasteiger partial charge in [0.05, 0.1) is 4.92 Å². The van der Waals surface area contributed by atoms with Gasteiger partial charge in [0.25, 0.3) is 0 Å². The van der Waals surface area contributed by atoms with Crippen molar-refractivity contribution in [2.75, 3.05) is 0 Å². The summed E-state index contributed by atoms with van der Waals surface area (Å²) in [5.74, 6) is 0.736. The maximum Gasteiger partial charge on any atom is 0.243 e. The average Bonchev–Trinajstić information content (AvgIpc) is 3.02. The second-order valence-electron chi connectivity index (χ2n) is 3.98. The van der Waals surface area contributed by atoms with E-state index in [1.54, 1.807) is 6.08 Å². The molecule has 0 saturated heterocycles. The van der Waals surface area contributed by atoms with Gasteiger partial charge in [-0.05, 0) is 29.9 Å². The number of nitrogens with zero attached hydrogens (tertiary/aromatic N) is 1. The van der Waals surface area contributed by atoms with Gasteiger partial charge in [0.1, 0.15) is 0 Å². The minimum absolute atomic E-state index is 0.175. The molecular weight excluding hydrogens is 190 g/mol. The first-order chi connectivity index (χ1) is 7.16. The fraction of sp³-hybridized carbons (Fsp3) is 0.333. The normalized spacial score (nSPS) is 16.5. The standard InChI is InChI=1S/C12H13NO2/c1-9(13(14)15)8-10-2-4-11(5-3-10)12-6-7-12/h2-5,8,12H,6-7H2,1H3/b9-8-. The van der Waals surface area contributed by atoms with Crippen LogP contribution in [-0.4, -0.2) is 4.92 Å². The van der Waals surface area contributed by atoms with Crippen molar-refractivity contribution >= 4 is 6.08 Å². The smallest absolute Gasteiger partial charge is 0.243 e. The van der Waals surface area contributed by atoms with Crippen LogP contribution in [0.15, 0.2) is 30.0 Å². The summed E-state index contributed by atoms with van der Waals surface area (Å²) < 4.78 is 0. The monoisotopic (exact) mass is 203 g/mol. The molecule has 0 heterocycles. The fourth-order valence-corrected chi connectivity index (χ4v) is 1.57. The van der Waals surface area contributed by atoms with E-state index < -0.39 is 0 Å². The van der Waals surface area contributed by atoms with Crippen molar-refractivity contribution < 1.29 is 4.92 Å². The van der Waals surface area contributed by atoms with Gasteiger partial charge in [0.2, 0.25) is 5.70 Å². The van der Waals surface area contributed by atoms with Gasteiger partial charge in [-0.25, -0.2) is 0 Å². The molecule has 15 heavy (non-hydrogen) atoms. The first kappa shape index (κ1) is 9.90. The second kappa shape index (κ2) is 3.85. The molecule has 1 aromatic carbocycles. The van der Waals surface area contributed by atoms with Crippen LogP contribution >= 0.6 is 0 Å². The SMILES string of the molecule is C/C(=C/c1ccc(C2CC2)cc1)[N+](=O)[O-]. The Morgan fingerprint density at radius 2 is 2.00 bits per heavy atom. The van der Waals surface area contributed by atoms with Gasteiger partial charge >= 0.3 is 0 Å². The first-order valence-electron chi connectivity index (χ1n) is 5.09. The van der Waals surface area contributed by atoms with Crippen LogP contribution in [0.1, 0.15) is 36.8 Å². The van der Waals surface area contributed by atoms with E-state index in [4.69, 9.17) is 0 Å². The Labute approximate surface area is 88.6 Å². The van der Waals surface area contributed by atoms with Crippen molar-refractivity contribution in [3.8, 4) is 0 Å². The summed E-state index contributed by atoms with van der Waals surface area (Å²) in [5.41, 5.74) is 2.42. The lowest BCUT2D eigenvalue weighted by atomic mass is 10.1. The van der Waals surface area contributed by atoms with Gasteiger partial charge < -0.3 is 0 Å². The molecule has 0 aromatic heterocycles. The van der Waals surface area contributed by atoms with Crippen LogP contribution in [-0.2, 0) is 0 Å². The third kappa shape index (κ3) is 2.43. The largest absolute Gasteiger partial charge is 0.259 e. The number of hydrogen-bond donors (Lipinski definition) is 0. The van der Waals surface area contributed by atoms with Gasteiger partial charge in [-0.15, -0.1) is 0 Å². The van der Waals surface area contributed by atoms with Gasteiger partial charge in [-0.2, -0.15) is 0 Å². The molecule has 0 amide bonds.